The average molecular weight is 391 g/mol. The van der Waals surface area contributed by atoms with Crippen molar-refractivity contribution in [3.8, 4) is 0 Å². The number of unbranched alkanes of at least 4 members (excludes halogenated alkanes) is 2. The molecule has 19 heavy (non-hydrogen) atoms. The predicted molar refractivity (Wildman–Crippen MR) is 90.2 cm³/mol. The highest BCUT2D eigenvalue weighted by atomic mass is 127. The lowest BCUT2D eigenvalue weighted by Gasteiger charge is -2.09. The summed E-state index contributed by atoms with van der Waals surface area (Å²) in [5.74, 6) is 0.602. The number of aryl methyl sites for hydroxylation is 1. The third-order valence-corrected chi connectivity index (χ3v) is 3.87. The van der Waals surface area contributed by atoms with Crippen molar-refractivity contribution in [1.29, 1.82) is 0 Å². The number of aromatic nitrogens is 1. The summed E-state index contributed by atoms with van der Waals surface area (Å²) in [5.41, 5.74) is 0.933. The van der Waals surface area contributed by atoms with E-state index in [1.165, 1.54) is 0 Å². The molecule has 0 radical (unpaired) electrons. The molecule has 0 spiro atoms. The van der Waals surface area contributed by atoms with Crippen LogP contribution in [0, 0.1) is 10.5 Å². The van der Waals surface area contributed by atoms with Gasteiger partial charge in [0.1, 0.15) is 5.82 Å². The lowest BCUT2D eigenvalue weighted by Crippen LogP contribution is -2.34. The van der Waals surface area contributed by atoms with Gasteiger partial charge in [-0.3, -0.25) is 4.79 Å². The molecular weight excluding hydrogens is 373 g/mol. The van der Waals surface area contributed by atoms with E-state index in [0.29, 0.717) is 17.4 Å². The van der Waals surface area contributed by atoms with Gasteiger partial charge >= 0.3 is 0 Å². The van der Waals surface area contributed by atoms with Crippen molar-refractivity contribution in [1.82, 2.24) is 10.3 Å². The van der Waals surface area contributed by atoms with E-state index < -0.39 is 0 Å². The van der Waals surface area contributed by atoms with Gasteiger partial charge in [0.2, 0.25) is 5.91 Å². The summed E-state index contributed by atoms with van der Waals surface area (Å²) in [6.45, 7) is 4.04. The molecule has 0 bridgehead atoms. The molecule has 0 aromatic carbocycles. The fraction of sp³-hybridized carbons (Fsp3) is 0.462. The van der Waals surface area contributed by atoms with Crippen molar-refractivity contribution in [3.05, 3.63) is 21.4 Å². The monoisotopic (exact) mass is 391 g/mol. The summed E-state index contributed by atoms with van der Waals surface area (Å²) in [6.07, 6.45) is 3.56. The first kappa shape index (κ1) is 16.3. The van der Waals surface area contributed by atoms with E-state index in [1.54, 1.807) is 0 Å². The number of hydrogen-bond donors (Lipinski definition) is 2. The van der Waals surface area contributed by atoms with Crippen LogP contribution in [0.5, 0.6) is 0 Å². The molecule has 1 amide bonds. The topological polar surface area (TPSA) is 54.0 Å². The number of pyridine rings is 1. The summed E-state index contributed by atoms with van der Waals surface area (Å²) in [5, 5.41) is 5.88. The molecule has 1 aromatic rings. The third-order valence-electron chi connectivity index (χ3n) is 2.52. The second-order valence-corrected chi connectivity index (χ2v) is 5.79. The number of nitrogens with one attached hydrogen (secondary N) is 2. The summed E-state index contributed by atoms with van der Waals surface area (Å²) in [7, 11) is 0. The van der Waals surface area contributed by atoms with Crippen LogP contribution in [0.2, 0.25) is 0 Å². The van der Waals surface area contributed by atoms with Crippen molar-refractivity contribution in [2.45, 2.75) is 39.5 Å². The Labute approximate surface area is 132 Å². The highest BCUT2D eigenvalue weighted by molar-refractivity contribution is 14.1. The van der Waals surface area contributed by atoms with E-state index in [-0.39, 0.29) is 5.91 Å². The van der Waals surface area contributed by atoms with Crippen molar-refractivity contribution in [3.63, 3.8) is 0 Å². The number of nitrogens with zero attached hydrogens (tertiary/aromatic N) is 1. The largest absolute Gasteiger partial charge is 0.317 e. The molecular formula is C13H18IN3OS. The SMILES string of the molecule is CCCCCC(=O)NC(=S)Nc1ccc(I)c(C)n1. The van der Waals surface area contributed by atoms with Gasteiger partial charge in [0.05, 0.1) is 5.69 Å². The maximum atomic E-state index is 11.6. The minimum Gasteiger partial charge on any atom is -0.317 e. The minimum absolute atomic E-state index is 0.0480. The van der Waals surface area contributed by atoms with E-state index in [1.807, 2.05) is 19.1 Å². The van der Waals surface area contributed by atoms with Crippen LogP contribution in [0.3, 0.4) is 0 Å². The van der Waals surface area contributed by atoms with E-state index in [9.17, 15) is 4.79 Å². The summed E-state index contributed by atoms with van der Waals surface area (Å²) in [4.78, 5) is 15.9. The Morgan fingerprint density at radius 1 is 1.42 bits per heavy atom. The Balaban J connectivity index is 2.42. The lowest BCUT2D eigenvalue weighted by molar-refractivity contribution is -0.119. The summed E-state index contributed by atoms with van der Waals surface area (Å²) in [6, 6.07) is 3.79. The van der Waals surface area contributed by atoms with Crippen LogP contribution < -0.4 is 10.6 Å². The zero-order valence-electron chi connectivity index (χ0n) is 11.1. The molecule has 6 heteroatoms. The van der Waals surface area contributed by atoms with Crippen LogP contribution >= 0.6 is 34.8 Å². The first-order chi connectivity index (χ1) is 9.02. The number of amides is 1. The molecule has 0 saturated carbocycles. The van der Waals surface area contributed by atoms with Crippen LogP contribution in [0.25, 0.3) is 0 Å². The lowest BCUT2D eigenvalue weighted by atomic mass is 10.2. The maximum Gasteiger partial charge on any atom is 0.226 e. The van der Waals surface area contributed by atoms with Gasteiger partial charge < -0.3 is 10.6 Å². The van der Waals surface area contributed by atoms with Crippen molar-refractivity contribution >= 4 is 51.6 Å². The Morgan fingerprint density at radius 3 is 2.79 bits per heavy atom. The molecule has 0 atom stereocenters. The van der Waals surface area contributed by atoms with Crippen LogP contribution in [0.15, 0.2) is 12.1 Å². The van der Waals surface area contributed by atoms with Crippen LogP contribution in [-0.4, -0.2) is 16.0 Å². The molecule has 0 fully saturated rings. The molecule has 1 heterocycles. The highest BCUT2D eigenvalue weighted by Crippen LogP contribution is 2.12. The molecule has 0 saturated heterocycles. The van der Waals surface area contributed by atoms with Crippen LogP contribution in [-0.2, 0) is 4.79 Å². The molecule has 0 unspecified atom stereocenters. The third kappa shape index (κ3) is 6.29. The fourth-order valence-corrected chi connectivity index (χ4v) is 2.00. The van der Waals surface area contributed by atoms with Crippen LogP contribution in [0.1, 0.15) is 38.3 Å². The molecule has 0 aliphatic carbocycles. The number of carbonyl (C=O) groups excluding carboxylic acids is 1. The Hall–Kier alpha value is -0.760. The fourth-order valence-electron chi connectivity index (χ4n) is 1.49. The smallest absolute Gasteiger partial charge is 0.226 e. The second kappa shape index (κ2) is 8.42. The zero-order chi connectivity index (χ0) is 14.3. The summed E-state index contributed by atoms with van der Waals surface area (Å²) >= 11 is 7.30. The van der Waals surface area contributed by atoms with Gasteiger partial charge in [-0.2, -0.15) is 0 Å². The predicted octanol–water partition coefficient (Wildman–Crippen LogP) is 3.39. The molecule has 1 rings (SSSR count). The van der Waals surface area contributed by atoms with E-state index >= 15 is 0 Å². The Bertz CT molecular complexity index is 465. The number of thiocarbonyl (C=S) groups is 1. The van der Waals surface area contributed by atoms with E-state index in [4.69, 9.17) is 12.2 Å². The molecule has 1 aromatic heterocycles. The van der Waals surface area contributed by atoms with E-state index in [2.05, 4.69) is 45.1 Å². The Kier molecular flexibility index (Phi) is 7.22. The van der Waals surface area contributed by atoms with Crippen molar-refractivity contribution < 1.29 is 4.79 Å². The van der Waals surface area contributed by atoms with Gasteiger partial charge in [0.25, 0.3) is 0 Å². The standard InChI is InChI=1S/C13H18IN3OS/c1-3-4-5-6-12(18)17-13(19)16-11-8-7-10(14)9(2)15-11/h7-8H,3-6H2,1-2H3,(H2,15,16,17,18,19). The van der Waals surface area contributed by atoms with Gasteiger partial charge in [-0.1, -0.05) is 19.8 Å². The first-order valence-electron chi connectivity index (χ1n) is 6.27. The first-order valence-corrected chi connectivity index (χ1v) is 7.75. The van der Waals surface area contributed by atoms with Crippen molar-refractivity contribution in [2.24, 2.45) is 0 Å². The Morgan fingerprint density at radius 2 is 2.16 bits per heavy atom. The number of anilines is 1. The van der Waals surface area contributed by atoms with Gasteiger partial charge in [-0.15, -0.1) is 0 Å². The maximum absolute atomic E-state index is 11.6. The van der Waals surface area contributed by atoms with Crippen LogP contribution in [0.4, 0.5) is 5.82 Å². The van der Waals surface area contributed by atoms with Crippen molar-refractivity contribution in [2.75, 3.05) is 5.32 Å². The second-order valence-electron chi connectivity index (χ2n) is 4.22. The zero-order valence-corrected chi connectivity index (χ0v) is 14.1. The summed E-state index contributed by atoms with van der Waals surface area (Å²) < 4.78 is 1.10. The van der Waals surface area contributed by atoms with Gasteiger partial charge in [0, 0.05) is 9.99 Å². The average Bonchev–Trinajstić information content (AvgIpc) is 2.34. The van der Waals surface area contributed by atoms with E-state index in [0.717, 1.165) is 28.5 Å². The normalized spacial score (nSPS) is 10.1. The number of rotatable bonds is 5. The van der Waals surface area contributed by atoms with Gasteiger partial charge in [-0.25, -0.2) is 4.98 Å². The minimum atomic E-state index is -0.0480. The molecule has 0 aliphatic heterocycles. The quantitative estimate of drug-likeness (QED) is 0.459. The van der Waals surface area contributed by atoms with Gasteiger partial charge in [0.15, 0.2) is 5.11 Å². The molecule has 0 aliphatic rings. The molecule has 4 nitrogen and oxygen atoms in total. The molecule has 104 valence electrons. The number of hydrogen-bond acceptors (Lipinski definition) is 3. The number of carbonyl (C=O) groups is 1. The molecule has 2 N–H and O–H groups in total. The number of halogens is 1. The van der Waals surface area contributed by atoms with Gasteiger partial charge in [-0.05, 0) is 60.3 Å². The highest BCUT2D eigenvalue weighted by Gasteiger charge is 2.05.